The minimum Gasteiger partial charge on any atom is -0.459 e. The Kier molecular flexibility index (Phi) is 8.20. The highest BCUT2D eigenvalue weighted by Gasteiger charge is 2.13. The van der Waals surface area contributed by atoms with E-state index in [1.807, 2.05) is 0 Å². The lowest BCUT2D eigenvalue weighted by molar-refractivity contribution is 0.0991. The molecule has 0 radical (unpaired) electrons. The fourth-order valence-electron chi connectivity index (χ4n) is 2.83. The van der Waals surface area contributed by atoms with E-state index in [9.17, 15) is 13.8 Å². The van der Waals surface area contributed by atoms with Crippen LogP contribution < -0.4 is 5.32 Å². The molecule has 2 heterocycles. The predicted molar refractivity (Wildman–Crippen MR) is 132 cm³/mol. The standard InChI is InChI=1S/C24H22BrN3O4S/c1-17-9-11-32-22(17)24(30)27-21-6-3-5-18(14-21)7-8-19-13-20(16-26-15-19)23(29)28-33(2,31)12-4-10-25/h3,5-6,9,11,13-16H,4,10,12H2,1-2H3,(H,27,30)/t33-/m1/s1. The van der Waals surface area contributed by atoms with Gasteiger partial charge in [-0.3, -0.25) is 14.6 Å². The number of benzene rings is 1. The lowest BCUT2D eigenvalue weighted by Gasteiger charge is -2.04. The molecule has 1 atom stereocenters. The number of hydrogen-bond acceptors (Lipinski definition) is 5. The minimum absolute atomic E-state index is 0.227. The van der Waals surface area contributed by atoms with E-state index in [1.165, 1.54) is 24.9 Å². The van der Waals surface area contributed by atoms with Gasteiger partial charge in [-0.1, -0.05) is 33.8 Å². The molecule has 0 aliphatic carbocycles. The number of carbonyl (C=O) groups excluding carboxylic acids is 2. The predicted octanol–water partition coefficient (Wildman–Crippen LogP) is 4.66. The number of hydrogen-bond donors (Lipinski definition) is 1. The van der Waals surface area contributed by atoms with Crippen molar-refractivity contribution in [3.8, 4) is 11.8 Å². The van der Waals surface area contributed by atoms with Crippen LogP contribution in [0.5, 0.6) is 0 Å². The van der Waals surface area contributed by atoms with E-state index in [1.54, 1.807) is 43.3 Å². The largest absolute Gasteiger partial charge is 0.459 e. The number of anilines is 1. The maximum absolute atomic E-state index is 12.4. The van der Waals surface area contributed by atoms with Gasteiger partial charge in [0.15, 0.2) is 5.76 Å². The zero-order chi connectivity index (χ0) is 23.8. The van der Waals surface area contributed by atoms with Gasteiger partial charge in [-0.2, -0.15) is 4.36 Å². The van der Waals surface area contributed by atoms with Gasteiger partial charge in [0.2, 0.25) is 0 Å². The summed E-state index contributed by atoms with van der Waals surface area (Å²) >= 11 is 3.28. The Morgan fingerprint density at radius 1 is 1.18 bits per heavy atom. The summed E-state index contributed by atoms with van der Waals surface area (Å²) in [6.07, 6.45) is 6.52. The van der Waals surface area contributed by atoms with Crippen molar-refractivity contribution in [1.82, 2.24) is 4.98 Å². The minimum atomic E-state index is -2.60. The first-order valence-electron chi connectivity index (χ1n) is 10.00. The summed E-state index contributed by atoms with van der Waals surface area (Å²) in [4.78, 5) is 28.8. The van der Waals surface area contributed by atoms with Crippen molar-refractivity contribution < 1.29 is 18.2 Å². The molecule has 3 aromatic rings. The van der Waals surface area contributed by atoms with Crippen LogP contribution in [0.4, 0.5) is 5.69 Å². The molecule has 2 aromatic heterocycles. The summed E-state index contributed by atoms with van der Waals surface area (Å²) in [6, 6.07) is 10.3. The Bertz CT molecular complexity index is 1360. The number of rotatable bonds is 6. The highest BCUT2D eigenvalue weighted by molar-refractivity contribution is 9.09. The number of nitrogens with one attached hydrogen (secondary N) is 1. The lowest BCUT2D eigenvalue weighted by Crippen LogP contribution is -2.12. The summed E-state index contributed by atoms with van der Waals surface area (Å²) in [5.41, 5.74) is 2.73. The van der Waals surface area contributed by atoms with Crippen molar-refractivity contribution in [2.75, 3.05) is 22.7 Å². The van der Waals surface area contributed by atoms with Crippen molar-refractivity contribution in [1.29, 1.82) is 0 Å². The highest BCUT2D eigenvalue weighted by atomic mass is 79.9. The molecular formula is C24H22BrN3O4S. The van der Waals surface area contributed by atoms with Gasteiger partial charge in [0.25, 0.3) is 11.8 Å². The fourth-order valence-corrected chi connectivity index (χ4v) is 4.71. The second-order valence-corrected chi connectivity index (χ2v) is 10.6. The van der Waals surface area contributed by atoms with E-state index >= 15 is 0 Å². The average molecular weight is 528 g/mol. The van der Waals surface area contributed by atoms with Crippen LogP contribution in [0, 0.1) is 18.8 Å². The van der Waals surface area contributed by atoms with E-state index < -0.39 is 15.6 Å². The van der Waals surface area contributed by atoms with E-state index in [-0.39, 0.29) is 17.2 Å². The van der Waals surface area contributed by atoms with Gasteiger partial charge >= 0.3 is 0 Å². The third-order valence-electron chi connectivity index (χ3n) is 4.46. The summed E-state index contributed by atoms with van der Waals surface area (Å²) in [5, 5.41) is 3.48. The highest BCUT2D eigenvalue weighted by Crippen LogP contribution is 2.15. The van der Waals surface area contributed by atoms with Crippen LogP contribution in [-0.4, -0.2) is 38.3 Å². The van der Waals surface area contributed by atoms with E-state index in [0.717, 1.165) is 5.56 Å². The molecule has 33 heavy (non-hydrogen) atoms. The number of furan rings is 1. The molecule has 9 heteroatoms. The molecule has 170 valence electrons. The van der Waals surface area contributed by atoms with Crippen LogP contribution in [0.15, 0.2) is 63.8 Å². The van der Waals surface area contributed by atoms with Crippen LogP contribution in [0.3, 0.4) is 0 Å². The van der Waals surface area contributed by atoms with Crippen LogP contribution in [-0.2, 0) is 9.73 Å². The molecule has 7 nitrogen and oxygen atoms in total. The number of aromatic nitrogens is 1. The molecule has 0 bridgehead atoms. The first kappa shape index (κ1) is 24.4. The summed E-state index contributed by atoms with van der Waals surface area (Å²) in [6.45, 7) is 1.79. The van der Waals surface area contributed by atoms with Crippen molar-refractivity contribution >= 4 is 43.2 Å². The molecule has 3 rings (SSSR count). The fraction of sp³-hybridized carbons (Fsp3) is 0.208. The SMILES string of the molecule is Cc1ccoc1C(=O)Nc1cccc(C#Cc2cncc(C(=O)N=[S@](C)(=O)CCCBr)c2)c1. The molecule has 0 spiro atoms. The summed E-state index contributed by atoms with van der Waals surface area (Å²) in [7, 11) is -2.60. The van der Waals surface area contributed by atoms with Crippen LogP contribution in [0.2, 0.25) is 0 Å². The van der Waals surface area contributed by atoms with Gasteiger partial charge in [0.1, 0.15) is 0 Å². The molecule has 1 N–H and O–H groups in total. The molecule has 2 amide bonds. The molecule has 0 fully saturated rings. The first-order chi connectivity index (χ1) is 15.8. The van der Waals surface area contributed by atoms with Gasteiger partial charge in [0, 0.05) is 52.1 Å². The third-order valence-corrected chi connectivity index (χ3v) is 6.62. The van der Waals surface area contributed by atoms with Crippen molar-refractivity contribution in [3.63, 3.8) is 0 Å². The number of nitrogens with zero attached hydrogens (tertiary/aromatic N) is 2. The summed E-state index contributed by atoms with van der Waals surface area (Å²) in [5.74, 6) is 5.62. The zero-order valence-electron chi connectivity index (χ0n) is 18.1. The Morgan fingerprint density at radius 3 is 2.70 bits per heavy atom. The molecule has 0 saturated heterocycles. The first-order valence-corrected chi connectivity index (χ1v) is 13.2. The van der Waals surface area contributed by atoms with E-state index in [4.69, 9.17) is 4.42 Å². The number of aryl methyl sites for hydroxylation is 1. The van der Waals surface area contributed by atoms with Crippen LogP contribution >= 0.6 is 15.9 Å². The van der Waals surface area contributed by atoms with E-state index in [2.05, 4.69) is 42.4 Å². The molecule has 1 aromatic carbocycles. The Labute approximate surface area is 201 Å². The number of amides is 2. The second-order valence-electron chi connectivity index (χ2n) is 7.28. The normalized spacial score (nSPS) is 12.2. The van der Waals surface area contributed by atoms with Crippen molar-refractivity contribution in [2.24, 2.45) is 4.36 Å². The van der Waals surface area contributed by atoms with Crippen molar-refractivity contribution in [2.45, 2.75) is 13.3 Å². The second kappa shape index (κ2) is 11.1. The maximum Gasteiger partial charge on any atom is 0.291 e. The summed E-state index contributed by atoms with van der Waals surface area (Å²) < 4.78 is 21.5. The molecular weight excluding hydrogens is 506 g/mol. The van der Waals surface area contributed by atoms with Gasteiger partial charge < -0.3 is 9.73 Å². The topological polar surface area (TPSA) is 102 Å². The number of alkyl halides is 1. The molecule has 0 unspecified atom stereocenters. The Morgan fingerprint density at radius 2 is 1.97 bits per heavy atom. The smallest absolute Gasteiger partial charge is 0.291 e. The number of halogens is 1. The lowest BCUT2D eigenvalue weighted by atomic mass is 10.1. The van der Waals surface area contributed by atoms with Crippen LogP contribution in [0.1, 0.15) is 44.0 Å². The maximum atomic E-state index is 12.4. The van der Waals surface area contributed by atoms with E-state index in [0.29, 0.717) is 34.3 Å². The number of carbonyl (C=O) groups is 2. The monoisotopic (exact) mass is 527 g/mol. The number of pyridine rings is 1. The molecule has 0 aliphatic rings. The van der Waals surface area contributed by atoms with Gasteiger partial charge in [-0.15, -0.1) is 0 Å². The average Bonchev–Trinajstić information content (AvgIpc) is 3.22. The van der Waals surface area contributed by atoms with Gasteiger partial charge in [-0.05, 0) is 43.7 Å². The van der Waals surface area contributed by atoms with Crippen molar-refractivity contribution in [3.05, 3.63) is 83.1 Å². The Balaban J connectivity index is 1.76. The van der Waals surface area contributed by atoms with Gasteiger partial charge in [-0.25, -0.2) is 4.21 Å². The Hall–Kier alpha value is -3.22. The third kappa shape index (κ3) is 7.14. The van der Waals surface area contributed by atoms with Gasteiger partial charge in [0.05, 0.1) is 21.6 Å². The quantitative estimate of drug-likeness (QED) is 0.371. The van der Waals surface area contributed by atoms with Crippen LogP contribution in [0.25, 0.3) is 0 Å². The molecule has 0 aliphatic heterocycles. The molecule has 0 saturated carbocycles. The zero-order valence-corrected chi connectivity index (χ0v) is 20.5.